The van der Waals surface area contributed by atoms with Gasteiger partial charge in [0, 0.05) is 12.1 Å². The Morgan fingerprint density at radius 1 is 1.30 bits per heavy atom. The molecule has 0 aromatic heterocycles. The van der Waals surface area contributed by atoms with Gasteiger partial charge in [-0.05, 0) is 18.9 Å². The van der Waals surface area contributed by atoms with Crippen LogP contribution in [0, 0.1) is 22.6 Å². The fraction of sp³-hybridized carbons (Fsp3) is 0.500. The molecule has 1 aromatic carbocycles. The van der Waals surface area contributed by atoms with Crippen LogP contribution in [0.3, 0.4) is 0 Å². The Balaban J connectivity index is 2.77. The summed E-state index contributed by atoms with van der Waals surface area (Å²) in [5, 5.41) is 12.1. The number of hydrogen-bond donors (Lipinski definition) is 1. The number of rotatable bonds is 7. The summed E-state index contributed by atoms with van der Waals surface area (Å²) in [5.41, 5.74) is -0.560. The number of nitrogens with one attached hydrogen (secondary N) is 1. The minimum atomic E-state index is -0.991. The Morgan fingerprint density at radius 2 is 1.90 bits per heavy atom. The largest absolute Gasteiger partial charge is 0.351 e. The zero-order valence-corrected chi connectivity index (χ0v) is 12.1. The highest BCUT2D eigenvalue weighted by Crippen LogP contribution is 2.29. The van der Waals surface area contributed by atoms with Crippen molar-refractivity contribution < 1.29 is 9.18 Å². The number of carbonyl (C=O) groups excluding carboxylic acids is 1. The molecule has 3 nitrogen and oxygen atoms in total. The van der Waals surface area contributed by atoms with Crippen molar-refractivity contribution >= 4 is 5.91 Å². The Morgan fingerprint density at radius 3 is 2.40 bits per heavy atom. The standard InChI is InChI=1S/C16H21FN2O/c1-3-9-16(12-18,10-4-2)15(20)19-11-13-7-5-6-8-14(13)17/h5-8H,3-4,9-11H2,1-2H3,(H,19,20). The quantitative estimate of drug-likeness (QED) is 0.828. The Bertz CT molecular complexity index is 487. The van der Waals surface area contributed by atoms with Crippen LogP contribution in [0.2, 0.25) is 0 Å². The molecule has 0 spiro atoms. The molecule has 0 saturated carbocycles. The fourth-order valence-corrected chi connectivity index (χ4v) is 2.35. The van der Waals surface area contributed by atoms with Gasteiger partial charge in [-0.2, -0.15) is 5.26 Å². The average molecular weight is 276 g/mol. The van der Waals surface area contributed by atoms with Crippen molar-refractivity contribution in [1.82, 2.24) is 5.32 Å². The summed E-state index contributed by atoms with van der Waals surface area (Å²) >= 11 is 0. The van der Waals surface area contributed by atoms with Crippen molar-refractivity contribution in [3.63, 3.8) is 0 Å². The second kappa shape index (κ2) is 7.64. The molecule has 4 heteroatoms. The lowest BCUT2D eigenvalue weighted by molar-refractivity contribution is -0.129. The molecule has 0 saturated heterocycles. The number of nitrogens with zero attached hydrogens (tertiary/aromatic N) is 1. The van der Waals surface area contributed by atoms with Crippen molar-refractivity contribution in [2.24, 2.45) is 5.41 Å². The first kappa shape index (κ1) is 16.2. The topological polar surface area (TPSA) is 52.9 Å². The maximum Gasteiger partial charge on any atom is 0.240 e. The summed E-state index contributed by atoms with van der Waals surface area (Å²) in [6.45, 7) is 4.01. The molecule has 1 aromatic rings. The van der Waals surface area contributed by atoms with Gasteiger partial charge in [0.05, 0.1) is 6.07 Å². The van der Waals surface area contributed by atoms with Gasteiger partial charge in [-0.25, -0.2) is 4.39 Å². The molecule has 0 aliphatic carbocycles. The highest BCUT2D eigenvalue weighted by molar-refractivity contribution is 5.85. The van der Waals surface area contributed by atoms with Crippen LogP contribution in [0.4, 0.5) is 4.39 Å². The van der Waals surface area contributed by atoms with Gasteiger partial charge >= 0.3 is 0 Å². The highest BCUT2D eigenvalue weighted by Gasteiger charge is 2.36. The third-order valence-electron chi connectivity index (χ3n) is 3.40. The molecular formula is C16H21FN2O. The highest BCUT2D eigenvalue weighted by atomic mass is 19.1. The van der Waals surface area contributed by atoms with E-state index in [9.17, 15) is 14.4 Å². The Hall–Kier alpha value is -1.89. The summed E-state index contributed by atoms with van der Waals surface area (Å²) < 4.78 is 13.5. The van der Waals surface area contributed by atoms with E-state index in [4.69, 9.17) is 0 Å². The summed E-state index contributed by atoms with van der Waals surface area (Å²) in [6, 6.07) is 8.48. The number of nitriles is 1. The molecular weight excluding hydrogens is 255 g/mol. The smallest absolute Gasteiger partial charge is 0.240 e. The van der Waals surface area contributed by atoms with Crippen LogP contribution in [-0.2, 0) is 11.3 Å². The van der Waals surface area contributed by atoms with Crippen LogP contribution in [0.15, 0.2) is 24.3 Å². The maximum absolute atomic E-state index is 13.5. The third kappa shape index (κ3) is 3.80. The van der Waals surface area contributed by atoms with E-state index >= 15 is 0 Å². The van der Waals surface area contributed by atoms with Gasteiger partial charge in [-0.3, -0.25) is 4.79 Å². The first-order valence-corrected chi connectivity index (χ1v) is 7.02. The van der Waals surface area contributed by atoms with Crippen LogP contribution in [0.25, 0.3) is 0 Å². The summed E-state index contributed by atoms with van der Waals surface area (Å²) in [4.78, 5) is 12.3. The zero-order valence-electron chi connectivity index (χ0n) is 12.1. The van der Waals surface area contributed by atoms with Gasteiger partial charge in [-0.1, -0.05) is 44.9 Å². The van der Waals surface area contributed by atoms with Gasteiger partial charge in [-0.15, -0.1) is 0 Å². The minimum Gasteiger partial charge on any atom is -0.351 e. The molecule has 0 heterocycles. The molecule has 0 unspecified atom stereocenters. The summed E-state index contributed by atoms with van der Waals surface area (Å²) in [5.74, 6) is -0.645. The molecule has 1 amide bonds. The third-order valence-corrected chi connectivity index (χ3v) is 3.40. The number of halogens is 1. The molecule has 20 heavy (non-hydrogen) atoms. The summed E-state index contributed by atoms with van der Waals surface area (Å²) in [6.07, 6.45) is 2.59. The van der Waals surface area contributed by atoms with E-state index in [1.54, 1.807) is 18.2 Å². The molecule has 1 rings (SSSR count). The molecule has 108 valence electrons. The number of amides is 1. The van der Waals surface area contributed by atoms with Gasteiger partial charge in [0.2, 0.25) is 5.91 Å². The summed E-state index contributed by atoms with van der Waals surface area (Å²) in [7, 11) is 0. The first-order valence-electron chi connectivity index (χ1n) is 7.02. The molecule has 0 bridgehead atoms. The lowest BCUT2D eigenvalue weighted by Crippen LogP contribution is -2.39. The van der Waals surface area contributed by atoms with Gasteiger partial charge in [0.15, 0.2) is 0 Å². The predicted molar refractivity (Wildman–Crippen MR) is 76.1 cm³/mol. The van der Waals surface area contributed by atoms with Crippen LogP contribution in [-0.4, -0.2) is 5.91 Å². The van der Waals surface area contributed by atoms with Crippen molar-refractivity contribution in [3.05, 3.63) is 35.6 Å². The number of carbonyl (C=O) groups is 1. The average Bonchev–Trinajstić information content (AvgIpc) is 2.45. The molecule has 0 aliphatic rings. The van der Waals surface area contributed by atoms with E-state index in [1.165, 1.54) is 6.07 Å². The molecule has 0 radical (unpaired) electrons. The molecule has 0 aliphatic heterocycles. The number of hydrogen-bond acceptors (Lipinski definition) is 2. The van der Waals surface area contributed by atoms with E-state index < -0.39 is 5.41 Å². The van der Waals surface area contributed by atoms with Crippen molar-refractivity contribution in [2.75, 3.05) is 0 Å². The second-order valence-electron chi connectivity index (χ2n) is 4.97. The van der Waals surface area contributed by atoms with E-state index in [1.807, 2.05) is 13.8 Å². The Labute approximate surface area is 119 Å². The normalized spacial score (nSPS) is 10.9. The van der Waals surface area contributed by atoms with Gasteiger partial charge in [0.1, 0.15) is 11.2 Å². The van der Waals surface area contributed by atoms with Crippen molar-refractivity contribution in [2.45, 2.75) is 46.1 Å². The molecule has 1 N–H and O–H groups in total. The van der Waals surface area contributed by atoms with Crippen LogP contribution < -0.4 is 5.32 Å². The van der Waals surface area contributed by atoms with E-state index in [0.717, 1.165) is 12.8 Å². The number of benzene rings is 1. The van der Waals surface area contributed by atoms with E-state index in [0.29, 0.717) is 18.4 Å². The van der Waals surface area contributed by atoms with E-state index in [-0.39, 0.29) is 18.3 Å². The van der Waals surface area contributed by atoms with Gasteiger partial charge in [0.25, 0.3) is 0 Å². The first-order chi connectivity index (χ1) is 9.59. The van der Waals surface area contributed by atoms with E-state index in [2.05, 4.69) is 11.4 Å². The monoisotopic (exact) mass is 276 g/mol. The molecule has 0 fully saturated rings. The lowest BCUT2D eigenvalue weighted by Gasteiger charge is -2.24. The fourth-order valence-electron chi connectivity index (χ4n) is 2.35. The molecule has 0 atom stereocenters. The minimum absolute atomic E-state index is 0.113. The van der Waals surface area contributed by atoms with Crippen LogP contribution in [0.5, 0.6) is 0 Å². The van der Waals surface area contributed by atoms with Crippen molar-refractivity contribution in [3.8, 4) is 6.07 Å². The predicted octanol–water partition coefficient (Wildman–Crippen LogP) is 3.55. The maximum atomic E-state index is 13.5. The SMILES string of the molecule is CCCC(C#N)(CCC)C(=O)NCc1ccccc1F. The van der Waals surface area contributed by atoms with Gasteiger partial charge < -0.3 is 5.32 Å². The van der Waals surface area contributed by atoms with Crippen LogP contribution >= 0.6 is 0 Å². The Kier molecular flexibility index (Phi) is 6.17. The van der Waals surface area contributed by atoms with Crippen LogP contribution in [0.1, 0.15) is 45.1 Å². The second-order valence-corrected chi connectivity index (χ2v) is 4.97. The lowest BCUT2D eigenvalue weighted by atomic mass is 9.79. The van der Waals surface area contributed by atoms with Crippen molar-refractivity contribution in [1.29, 1.82) is 5.26 Å². The zero-order chi connectivity index (χ0) is 15.0.